The first kappa shape index (κ1) is 15.9. The Hall–Kier alpha value is -1.96. The van der Waals surface area contributed by atoms with Gasteiger partial charge in [-0.3, -0.25) is 14.5 Å². The molecule has 1 aromatic rings. The Kier molecular flexibility index (Phi) is 4.61. The zero-order valence-corrected chi connectivity index (χ0v) is 13.0. The van der Waals surface area contributed by atoms with Crippen LogP contribution in [0.2, 0.25) is 0 Å². The van der Waals surface area contributed by atoms with Crippen LogP contribution in [0.25, 0.3) is 0 Å². The number of carbonyl (C=O) groups is 2. The van der Waals surface area contributed by atoms with Gasteiger partial charge in [-0.1, -0.05) is 18.2 Å². The van der Waals surface area contributed by atoms with Crippen molar-refractivity contribution in [1.82, 2.24) is 10.3 Å². The summed E-state index contributed by atoms with van der Waals surface area (Å²) in [4.78, 5) is 26.4. The molecule has 2 heterocycles. The minimum absolute atomic E-state index is 0.0745. The van der Waals surface area contributed by atoms with Crippen molar-refractivity contribution in [1.29, 1.82) is 0 Å². The number of carboxylic acids is 1. The van der Waals surface area contributed by atoms with Crippen LogP contribution in [-0.2, 0) is 14.3 Å². The second kappa shape index (κ2) is 6.66. The van der Waals surface area contributed by atoms with Gasteiger partial charge in [0.15, 0.2) is 0 Å². The molecule has 3 unspecified atom stereocenters. The maximum absolute atomic E-state index is 12.7. The molecule has 2 fully saturated rings. The van der Waals surface area contributed by atoms with Gasteiger partial charge in [-0.25, -0.2) is 10.4 Å². The Bertz CT molecular complexity index is 580. The van der Waals surface area contributed by atoms with E-state index in [-0.39, 0.29) is 17.9 Å². The number of piperidine rings is 1. The predicted molar refractivity (Wildman–Crippen MR) is 83.8 cm³/mol. The first-order chi connectivity index (χ1) is 11.1. The second-order valence-corrected chi connectivity index (χ2v) is 5.97. The minimum atomic E-state index is -0.877. The number of ether oxygens (including phenoxy) is 1. The van der Waals surface area contributed by atoms with Crippen LogP contribution in [0.3, 0.4) is 0 Å². The molecule has 7 heteroatoms. The van der Waals surface area contributed by atoms with Crippen LogP contribution in [0, 0.1) is 11.8 Å². The lowest BCUT2D eigenvalue weighted by Gasteiger charge is -2.36. The predicted octanol–water partition coefficient (Wildman–Crippen LogP) is 0.185. The van der Waals surface area contributed by atoms with Crippen LogP contribution in [0.15, 0.2) is 30.3 Å². The zero-order valence-electron chi connectivity index (χ0n) is 13.0. The number of amides is 1. The third-order valence-electron chi connectivity index (χ3n) is 4.54. The number of nitrogens with one attached hydrogen (secondary N) is 1. The fourth-order valence-corrected chi connectivity index (χ4v) is 3.34. The summed E-state index contributed by atoms with van der Waals surface area (Å²) in [5, 5.41) is 11.0. The van der Waals surface area contributed by atoms with Gasteiger partial charge in [-0.05, 0) is 12.1 Å². The number of fused-ring (bicyclic) bond motifs is 1. The van der Waals surface area contributed by atoms with E-state index in [1.54, 1.807) is 7.11 Å². The Morgan fingerprint density at radius 3 is 2.74 bits per heavy atom. The Morgan fingerprint density at radius 2 is 2.09 bits per heavy atom. The molecule has 1 amide bonds. The molecule has 2 aliphatic heterocycles. The van der Waals surface area contributed by atoms with E-state index in [0.29, 0.717) is 26.2 Å². The number of carboxylic acid groups (broad SMARTS) is 1. The zero-order chi connectivity index (χ0) is 16.4. The number of hydrazine groups is 1. The van der Waals surface area contributed by atoms with Gasteiger partial charge in [0.2, 0.25) is 5.91 Å². The van der Waals surface area contributed by atoms with Gasteiger partial charge in [0.05, 0.1) is 30.2 Å². The summed E-state index contributed by atoms with van der Waals surface area (Å²) in [5.74, 6) is -1.93. The molecule has 124 valence electrons. The third kappa shape index (κ3) is 3.08. The summed E-state index contributed by atoms with van der Waals surface area (Å²) in [6.07, 6.45) is 0. The number of hydrogen-bond donors (Lipinski definition) is 2. The molecule has 0 bridgehead atoms. The van der Waals surface area contributed by atoms with Gasteiger partial charge in [0.25, 0.3) is 0 Å². The highest BCUT2D eigenvalue weighted by Gasteiger charge is 2.50. The van der Waals surface area contributed by atoms with E-state index >= 15 is 0 Å². The number of anilines is 1. The van der Waals surface area contributed by atoms with Crippen molar-refractivity contribution in [2.24, 2.45) is 11.8 Å². The summed E-state index contributed by atoms with van der Waals surface area (Å²) >= 11 is 0. The first-order valence-corrected chi connectivity index (χ1v) is 7.71. The van der Waals surface area contributed by atoms with Crippen molar-refractivity contribution in [3.63, 3.8) is 0 Å². The SMILES string of the molecule is COCCN1CC(C(=O)O)C2NN(c3ccccc3)C(=O)C2C1. The van der Waals surface area contributed by atoms with Crippen LogP contribution in [0.1, 0.15) is 0 Å². The Labute approximate surface area is 134 Å². The normalized spacial score (nSPS) is 28.0. The maximum atomic E-state index is 12.7. The molecule has 0 radical (unpaired) electrons. The fraction of sp³-hybridized carbons (Fsp3) is 0.500. The number of para-hydroxylation sites is 1. The number of hydrogen-bond acceptors (Lipinski definition) is 5. The molecule has 0 spiro atoms. The molecule has 2 saturated heterocycles. The smallest absolute Gasteiger partial charge is 0.309 e. The highest BCUT2D eigenvalue weighted by Crippen LogP contribution is 2.31. The van der Waals surface area contributed by atoms with Crippen molar-refractivity contribution in [3.8, 4) is 0 Å². The quantitative estimate of drug-likeness (QED) is 0.806. The van der Waals surface area contributed by atoms with Gasteiger partial charge in [-0.2, -0.15) is 0 Å². The van der Waals surface area contributed by atoms with Gasteiger partial charge >= 0.3 is 5.97 Å². The molecule has 0 aromatic heterocycles. The van der Waals surface area contributed by atoms with Gasteiger partial charge in [-0.15, -0.1) is 0 Å². The first-order valence-electron chi connectivity index (χ1n) is 7.71. The average molecular weight is 319 g/mol. The van der Waals surface area contributed by atoms with Crippen molar-refractivity contribution in [2.45, 2.75) is 6.04 Å². The van der Waals surface area contributed by atoms with Crippen LogP contribution >= 0.6 is 0 Å². The Balaban J connectivity index is 1.82. The fourth-order valence-electron chi connectivity index (χ4n) is 3.34. The lowest BCUT2D eigenvalue weighted by atomic mass is 9.84. The van der Waals surface area contributed by atoms with Crippen LogP contribution < -0.4 is 10.4 Å². The average Bonchev–Trinajstić information content (AvgIpc) is 2.90. The molecular formula is C16H21N3O4. The molecule has 3 atom stereocenters. The summed E-state index contributed by atoms with van der Waals surface area (Å²) < 4.78 is 5.07. The lowest BCUT2D eigenvalue weighted by Crippen LogP contribution is -2.55. The van der Waals surface area contributed by atoms with Crippen molar-refractivity contribution in [3.05, 3.63) is 30.3 Å². The molecule has 7 nitrogen and oxygen atoms in total. The highest BCUT2D eigenvalue weighted by molar-refractivity contribution is 5.97. The van der Waals surface area contributed by atoms with Crippen LogP contribution in [-0.4, -0.2) is 61.3 Å². The molecule has 1 aromatic carbocycles. The summed E-state index contributed by atoms with van der Waals surface area (Å²) in [7, 11) is 1.61. The number of aliphatic carboxylic acids is 1. The molecule has 23 heavy (non-hydrogen) atoms. The third-order valence-corrected chi connectivity index (χ3v) is 4.54. The molecule has 2 aliphatic rings. The van der Waals surface area contributed by atoms with Crippen molar-refractivity contribution >= 4 is 17.6 Å². The van der Waals surface area contributed by atoms with Crippen molar-refractivity contribution in [2.75, 3.05) is 38.4 Å². The number of carbonyl (C=O) groups excluding carboxylic acids is 1. The van der Waals surface area contributed by atoms with E-state index in [9.17, 15) is 14.7 Å². The van der Waals surface area contributed by atoms with Gasteiger partial charge in [0, 0.05) is 26.7 Å². The summed E-state index contributed by atoms with van der Waals surface area (Å²) in [5.41, 5.74) is 3.85. The highest BCUT2D eigenvalue weighted by atomic mass is 16.5. The minimum Gasteiger partial charge on any atom is -0.481 e. The summed E-state index contributed by atoms with van der Waals surface area (Å²) in [6, 6.07) is 8.88. The molecule has 3 rings (SSSR count). The summed E-state index contributed by atoms with van der Waals surface area (Å²) in [6.45, 7) is 2.12. The molecular weight excluding hydrogens is 298 g/mol. The van der Waals surface area contributed by atoms with E-state index < -0.39 is 11.9 Å². The number of methoxy groups -OCH3 is 1. The lowest BCUT2D eigenvalue weighted by molar-refractivity contribution is -0.145. The topological polar surface area (TPSA) is 82.1 Å². The number of likely N-dealkylation sites (tertiary alicyclic amines) is 1. The number of rotatable bonds is 5. The molecule has 2 N–H and O–H groups in total. The van der Waals surface area contributed by atoms with Crippen LogP contribution in [0.4, 0.5) is 5.69 Å². The number of benzene rings is 1. The van der Waals surface area contributed by atoms with Crippen LogP contribution in [0.5, 0.6) is 0 Å². The second-order valence-electron chi connectivity index (χ2n) is 5.97. The van der Waals surface area contributed by atoms with Gasteiger partial charge < -0.3 is 9.84 Å². The van der Waals surface area contributed by atoms with E-state index in [0.717, 1.165) is 5.69 Å². The largest absolute Gasteiger partial charge is 0.481 e. The standard InChI is InChI=1S/C16H21N3O4/c1-23-8-7-18-9-12-14(13(10-18)16(21)22)17-19(15(12)20)11-5-3-2-4-6-11/h2-6,12-14,17H,7-10H2,1H3,(H,21,22). The molecule has 0 aliphatic carbocycles. The van der Waals surface area contributed by atoms with Crippen molar-refractivity contribution < 1.29 is 19.4 Å². The van der Waals surface area contributed by atoms with E-state index in [1.165, 1.54) is 5.01 Å². The Morgan fingerprint density at radius 1 is 1.35 bits per heavy atom. The van der Waals surface area contributed by atoms with E-state index in [1.807, 2.05) is 35.2 Å². The maximum Gasteiger partial charge on any atom is 0.309 e. The monoisotopic (exact) mass is 319 g/mol. The number of nitrogens with zero attached hydrogens (tertiary/aromatic N) is 2. The van der Waals surface area contributed by atoms with E-state index in [2.05, 4.69) is 5.43 Å². The van der Waals surface area contributed by atoms with E-state index in [4.69, 9.17) is 4.74 Å². The molecule has 0 saturated carbocycles. The van der Waals surface area contributed by atoms with Gasteiger partial charge in [0.1, 0.15) is 0 Å².